The number of nitrogens with zero attached hydrogens (tertiary/aromatic N) is 3. The largest absolute Gasteiger partial charge is 0.479 e. The monoisotopic (exact) mass is 459 g/mol. The van der Waals surface area contributed by atoms with Crippen LogP contribution in [0.3, 0.4) is 0 Å². The van der Waals surface area contributed by atoms with Gasteiger partial charge in [0.05, 0.1) is 23.0 Å². The molecule has 1 spiro atoms. The lowest BCUT2D eigenvalue weighted by atomic mass is 9.83. The minimum Gasteiger partial charge on any atom is -0.479 e. The minimum atomic E-state index is -0.494. The van der Waals surface area contributed by atoms with Gasteiger partial charge in [-0.3, -0.25) is 4.79 Å². The molecule has 0 aliphatic carbocycles. The molecule has 0 bridgehead atoms. The van der Waals surface area contributed by atoms with Crippen molar-refractivity contribution < 1.29 is 9.53 Å². The topological polar surface area (TPSA) is 58.3 Å². The maximum Gasteiger partial charge on any atom is 0.253 e. The minimum absolute atomic E-state index is 0.0450. The van der Waals surface area contributed by atoms with Crippen molar-refractivity contribution in [3.8, 4) is 17.5 Å². The van der Waals surface area contributed by atoms with E-state index in [1.54, 1.807) is 6.07 Å². The van der Waals surface area contributed by atoms with E-state index >= 15 is 0 Å². The summed E-state index contributed by atoms with van der Waals surface area (Å²) < 4.78 is 8.73. The lowest BCUT2D eigenvalue weighted by molar-refractivity contribution is -0.00930. The van der Waals surface area contributed by atoms with E-state index in [9.17, 15) is 10.1 Å². The zero-order valence-electron chi connectivity index (χ0n) is 19.1. The van der Waals surface area contributed by atoms with Crippen molar-refractivity contribution in [3.05, 3.63) is 82.1 Å². The van der Waals surface area contributed by atoms with Crippen LogP contribution in [-0.4, -0.2) is 28.5 Å². The summed E-state index contributed by atoms with van der Waals surface area (Å²) in [4.78, 5) is 15.2. The fourth-order valence-electron chi connectivity index (χ4n) is 5.03. The molecule has 5 rings (SSSR count). The number of aromatic nitrogens is 1. The summed E-state index contributed by atoms with van der Waals surface area (Å²) in [6.45, 7) is 7.35. The van der Waals surface area contributed by atoms with Gasteiger partial charge in [-0.25, -0.2) is 0 Å². The smallest absolute Gasteiger partial charge is 0.253 e. The summed E-state index contributed by atoms with van der Waals surface area (Å²) in [6, 6.07) is 17.6. The Morgan fingerprint density at radius 3 is 2.58 bits per heavy atom. The predicted octanol–water partition coefficient (Wildman–Crippen LogP) is 5.82. The molecule has 1 saturated heterocycles. The highest BCUT2D eigenvalue weighted by Gasteiger charge is 2.44. The van der Waals surface area contributed by atoms with Crippen LogP contribution < -0.4 is 4.74 Å². The number of hydrogen-bond acceptors (Lipinski definition) is 3. The van der Waals surface area contributed by atoms with Gasteiger partial charge >= 0.3 is 0 Å². The first kappa shape index (κ1) is 21.6. The number of ether oxygens (including phenoxy) is 1. The van der Waals surface area contributed by atoms with Gasteiger partial charge in [-0.2, -0.15) is 5.26 Å². The Labute approximate surface area is 199 Å². The van der Waals surface area contributed by atoms with E-state index in [1.807, 2.05) is 47.5 Å². The zero-order chi connectivity index (χ0) is 23.4. The van der Waals surface area contributed by atoms with E-state index in [2.05, 4.69) is 37.5 Å². The molecular formula is C27H26ClN3O2. The number of carbonyl (C=O) groups excluding carboxylic acids is 1. The van der Waals surface area contributed by atoms with E-state index in [0.29, 0.717) is 42.1 Å². The lowest BCUT2D eigenvalue weighted by Gasteiger charge is -2.45. The Balaban J connectivity index is 1.39. The van der Waals surface area contributed by atoms with Gasteiger partial charge in [0, 0.05) is 48.8 Å². The van der Waals surface area contributed by atoms with Crippen molar-refractivity contribution in [3.63, 3.8) is 0 Å². The molecule has 2 aliphatic rings. The molecule has 2 aliphatic heterocycles. The van der Waals surface area contributed by atoms with Crippen molar-refractivity contribution in [2.75, 3.05) is 13.1 Å². The van der Waals surface area contributed by atoms with Gasteiger partial charge in [0.25, 0.3) is 5.91 Å². The molecule has 6 heteroatoms. The first-order valence-corrected chi connectivity index (χ1v) is 11.6. The summed E-state index contributed by atoms with van der Waals surface area (Å²) in [5, 5.41) is 10.3. The molecule has 2 aromatic carbocycles. The number of fused-ring (bicyclic) bond motifs is 4. The number of nitriles is 1. The summed E-state index contributed by atoms with van der Waals surface area (Å²) in [7, 11) is 0. The fourth-order valence-corrected chi connectivity index (χ4v) is 5.19. The highest BCUT2D eigenvalue weighted by atomic mass is 35.5. The van der Waals surface area contributed by atoms with Crippen molar-refractivity contribution in [1.29, 1.82) is 5.26 Å². The van der Waals surface area contributed by atoms with Gasteiger partial charge < -0.3 is 14.2 Å². The normalized spacial score (nSPS) is 16.5. The molecule has 3 heterocycles. The molecular weight excluding hydrogens is 434 g/mol. The highest BCUT2D eigenvalue weighted by Crippen LogP contribution is 2.45. The summed E-state index contributed by atoms with van der Waals surface area (Å²) >= 11 is 6.24. The molecule has 0 N–H and O–H groups in total. The second kappa shape index (κ2) is 7.67. The molecule has 3 aromatic rings. The van der Waals surface area contributed by atoms with Crippen molar-refractivity contribution in [2.24, 2.45) is 0 Å². The first-order chi connectivity index (χ1) is 15.7. The van der Waals surface area contributed by atoms with Crippen LogP contribution in [0.5, 0.6) is 5.75 Å². The van der Waals surface area contributed by atoms with Crippen LogP contribution in [0.15, 0.2) is 54.7 Å². The Hall–Kier alpha value is -3.23. The molecule has 1 amide bonds. The molecule has 0 unspecified atom stereocenters. The maximum atomic E-state index is 13.3. The zero-order valence-corrected chi connectivity index (χ0v) is 19.8. The van der Waals surface area contributed by atoms with E-state index in [1.165, 1.54) is 0 Å². The Morgan fingerprint density at radius 2 is 1.88 bits per heavy atom. The number of piperidine rings is 1. The van der Waals surface area contributed by atoms with Gasteiger partial charge in [-0.05, 0) is 47.4 Å². The van der Waals surface area contributed by atoms with E-state index in [-0.39, 0.29) is 11.3 Å². The third-order valence-corrected chi connectivity index (χ3v) is 6.99. The Kier molecular flexibility index (Phi) is 5.02. The van der Waals surface area contributed by atoms with Crippen molar-refractivity contribution >= 4 is 17.5 Å². The van der Waals surface area contributed by atoms with E-state index in [4.69, 9.17) is 16.3 Å². The standard InChI is InChI=1S/C27H26ClN3O2/c1-26(2,3)21-8-6-18(15-19(21)17-29)25(32)30-13-10-27(11-14-30)24-5-4-12-31(24)22-9-7-20(28)16-23(22)33-27/h4-9,12,15-16H,10-11,13-14H2,1-3H3. The number of carbonyl (C=O) groups is 1. The third kappa shape index (κ3) is 3.59. The number of hydrogen-bond donors (Lipinski definition) is 0. The fraction of sp³-hybridized carbons (Fsp3) is 0.333. The van der Waals surface area contributed by atoms with Crippen molar-refractivity contribution in [2.45, 2.75) is 44.6 Å². The maximum absolute atomic E-state index is 13.3. The number of likely N-dealkylation sites (tertiary alicyclic amines) is 1. The summed E-state index contributed by atoms with van der Waals surface area (Å²) in [5.41, 5.74) is 3.50. The van der Waals surface area contributed by atoms with Gasteiger partial charge in [-0.1, -0.05) is 38.4 Å². The summed E-state index contributed by atoms with van der Waals surface area (Å²) in [5.74, 6) is 0.721. The Bertz CT molecular complexity index is 1290. The van der Waals surface area contributed by atoms with Gasteiger partial charge in [0.2, 0.25) is 0 Å². The third-order valence-electron chi connectivity index (χ3n) is 6.76. The second-order valence-electron chi connectivity index (χ2n) is 9.89. The molecule has 0 saturated carbocycles. The van der Waals surface area contributed by atoms with Crippen LogP contribution in [0.1, 0.15) is 60.8 Å². The first-order valence-electron chi connectivity index (χ1n) is 11.2. The molecule has 33 heavy (non-hydrogen) atoms. The lowest BCUT2D eigenvalue weighted by Crippen LogP contribution is -2.50. The number of amides is 1. The quantitative estimate of drug-likeness (QED) is 0.460. The van der Waals surface area contributed by atoms with Crippen LogP contribution in [0.25, 0.3) is 5.69 Å². The average molecular weight is 460 g/mol. The van der Waals surface area contributed by atoms with Gasteiger partial charge in [0.15, 0.2) is 5.60 Å². The Morgan fingerprint density at radius 1 is 1.12 bits per heavy atom. The van der Waals surface area contributed by atoms with E-state index < -0.39 is 5.60 Å². The number of benzene rings is 2. The summed E-state index contributed by atoms with van der Waals surface area (Å²) in [6.07, 6.45) is 3.41. The molecule has 168 valence electrons. The molecule has 0 radical (unpaired) electrons. The predicted molar refractivity (Wildman–Crippen MR) is 128 cm³/mol. The molecule has 5 nitrogen and oxygen atoms in total. The second-order valence-corrected chi connectivity index (χ2v) is 10.3. The van der Waals surface area contributed by atoms with Crippen LogP contribution >= 0.6 is 11.6 Å². The molecule has 1 fully saturated rings. The van der Waals surface area contributed by atoms with E-state index in [0.717, 1.165) is 22.7 Å². The number of halogens is 1. The van der Waals surface area contributed by atoms with Crippen LogP contribution in [-0.2, 0) is 11.0 Å². The van der Waals surface area contributed by atoms with Crippen LogP contribution in [0.2, 0.25) is 5.02 Å². The average Bonchev–Trinajstić information content (AvgIpc) is 3.29. The van der Waals surface area contributed by atoms with Gasteiger partial charge in [-0.15, -0.1) is 0 Å². The molecule has 0 atom stereocenters. The van der Waals surface area contributed by atoms with Gasteiger partial charge in [0.1, 0.15) is 5.75 Å². The molecule has 1 aromatic heterocycles. The van der Waals surface area contributed by atoms with Crippen molar-refractivity contribution in [1.82, 2.24) is 9.47 Å². The van der Waals surface area contributed by atoms with Crippen LogP contribution in [0.4, 0.5) is 0 Å². The van der Waals surface area contributed by atoms with Crippen LogP contribution in [0, 0.1) is 11.3 Å². The number of rotatable bonds is 1. The highest BCUT2D eigenvalue weighted by molar-refractivity contribution is 6.30. The SMILES string of the molecule is CC(C)(C)c1ccc(C(=O)N2CCC3(CC2)Oc2cc(Cl)ccc2-n2cccc23)cc1C#N.